The first-order valence-corrected chi connectivity index (χ1v) is 11.7. The number of pyridine rings is 1. The first-order valence-electron chi connectivity index (χ1n) is 9.85. The molecule has 0 saturated carbocycles. The number of H-pyrrole nitrogens is 1. The van der Waals surface area contributed by atoms with Gasteiger partial charge < -0.3 is 9.94 Å². The standard InChI is InChI=1S/C23H20F2N2O4S/c1-3-32(29,30)13-15-4-6-21(31-22-7-5-16(24)12-20(22)25)19(11-15)18-10-14(2)27(28)23-17(18)8-9-26-23/h4-12,26H,3,13H2,1-2H3. The molecule has 6 nitrogen and oxygen atoms in total. The minimum atomic E-state index is -3.30. The molecule has 0 radical (unpaired) electrons. The van der Waals surface area contributed by atoms with Gasteiger partial charge >= 0.3 is 0 Å². The smallest absolute Gasteiger partial charge is 0.290 e. The van der Waals surface area contributed by atoms with E-state index in [0.717, 1.165) is 10.8 Å². The number of rotatable bonds is 6. The lowest BCUT2D eigenvalue weighted by Gasteiger charge is -2.16. The van der Waals surface area contributed by atoms with E-state index in [1.807, 2.05) is 0 Å². The van der Waals surface area contributed by atoms with Gasteiger partial charge in [-0.25, -0.2) is 26.9 Å². The van der Waals surface area contributed by atoms with E-state index in [1.165, 1.54) is 6.07 Å². The zero-order chi connectivity index (χ0) is 23.0. The van der Waals surface area contributed by atoms with E-state index in [0.29, 0.717) is 39.5 Å². The Morgan fingerprint density at radius 1 is 1.03 bits per heavy atom. The maximum atomic E-state index is 14.2. The second kappa shape index (κ2) is 8.23. The Morgan fingerprint density at radius 3 is 2.50 bits per heavy atom. The molecule has 0 saturated heterocycles. The average molecular weight is 458 g/mol. The van der Waals surface area contributed by atoms with Crippen molar-refractivity contribution in [3.63, 3.8) is 0 Å². The minimum absolute atomic E-state index is 0.00986. The van der Waals surface area contributed by atoms with Gasteiger partial charge in [0, 0.05) is 22.9 Å². The van der Waals surface area contributed by atoms with Crippen molar-refractivity contribution >= 4 is 20.9 Å². The number of aryl methyl sites for hydroxylation is 1. The number of halogens is 2. The SMILES string of the molecule is CCS(=O)(=O)Cc1ccc(Oc2ccc(F)cc2F)c(-c2cc(C)[n+]([O-])c3[nH]ccc23)c1. The minimum Gasteiger partial charge on any atom is -0.710 e. The molecule has 2 aromatic carbocycles. The molecule has 0 aliphatic carbocycles. The van der Waals surface area contributed by atoms with Crippen molar-refractivity contribution in [2.24, 2.45) is 0 Å². The molecular weight excluding hydrogens is 438 g/mol. The van der Waals surface area contributed by atoms with Gasteiger partial charge in [-0.05, 0) is 48.9 Å². The van der Waals surface area contributed by atoms with Gasteiger partial charge in [-0.3, -0.25) is 0 Å². The molecule has 0 fully saturated rings. The molecular formula is C23H20F2N2O4S. The second-order valence-corrected chi connectivity index (χ2v) is 9.77. The summed E-state index contributed by atoms with van der Waals surface area (Å²) in [6, 6.07) is 11.1. The Morgan fingerprint density at radius 2 is 1.78 bits per heavy atom. The van der Waals surface area contributed by atoms with Crippen molar-refractivity contribution in [1.82, 2.24) is 4.98 Å². The van der Waals surface area contributed by atoms with Crippen LogP contribution in [-0.4, -0.2) is 19.2 Å². The van der Waals surface area contributed by atoms with Gasteiger partial charge in [0.2, 0.25) is 0 Å². The Bertz CT molecular complexity index is 1430. The quantitative estimate of drug-likeness (QED) is 0.333. The van der Waals surface area contributed by atoms with Crippen LogP contribution >= 0.6 is 0 Å². The fourth-order valence-electron chi connectivity index (χ4n) is 3.49. The van der Waals surface area contributed by atoms with Gasteiger partial charge in [0.05, 0.1) is 17.3 Å². The number of fused-ring (bicyclic) bond motifs is 1. The highest BCUT2D eigenvalue weighted by Gasteiger charge is 2.20. The van der Waals surface area contributed by atoms with Crippen LogP contribution in [-0.2, 0) is 15.6 Å². The van der Waals surface area contributed by atoms with Crippen molar-refractivity contribution in [3.05, 3.63) is 82.8 Å². The fourth-order valence-corrected chi connectivity index (χ4v) is 4.38. The molecule has 0 atom stereocenters. The lowest BCUT2D eigenvalue weighted by Crippen LogP contribution is -2.31. The molecule has 0 aliphatic rings. The molecule has 32 heavy (non-hydrogen) atoms. The van der Waals surface area contributed by atoms with Gasteiger partial charge in [-0.2, -0.15) is 0 Å². The first-order chi connectivity index (χ1) is 15.2. The third-order valence-corrected chi connectivity index (χ3v) is 6.82. The van der Waals surface area contributed by atoms with Crippen molar-refractivity contribution in [3.8, 4) is 22.6 Å². The Labute approximate surface area is 183 Å². The second-order valence-electron chi connectivity index (χ2n) is 7.42. The van der Waals surface area contributed by atoms with E-state index in [1.54, 1.807) is 50.4 Å². The van der Waals surface area contributed by atoms with Crippen molar-refractivity contribution < 1.29 is 26.7 Å². The highest BCUT2D eigenvalue weighted by molar-refractivity contribution is 7.90. The summed E-state index contributed by atoms with van der Waals surface area (Å²) >= 11 is 0. The van der Waals surface area contributed by atoms with Crippen LogP contribution in [0.1, 0.15) is 18.2 Å². The van der Waals surface area contributed by atoms with Crippen LogP contribution in [0.4, 0.5) is 8.78 Å². The molecule has 166 valence electrons. The van der Waals surface area contributed by atoms with E-state index in [4.69, 9.17) is 4.74 Å². The Balaban J connectivity index is 1.92. The van der Waals surface area contributed by atoms with Crippen molar-refractivity contribution in [1.29, 1.82) is 0 Å². The van der Waals surface area contributed by atoms with Gasteiger partial charge in [0.1, 0.15) is 17.3 Å². The summed E-state index contributed by atoms with van der Waals surface area (Å²) < 4.78 is 58.4. The third kappa shape index (κ3) is 4.16. The van der Waals surface area contributed by atoms with Crippen molar-refractivity contribution in [2.75, 3.05) is 5.75 Å². The van der Waals surface area contributed by atoms with Gasteiger partial charge in [0.15, 0.2) is 21.4 Å². The van der Waals surface area contributed by atoms with E-state index in [-0.39, 0.29) is 23.0 Å². The highest BCUT2D eigenvalue weighted by Crippen LogP contribution is 2.38. The fraction of sp³-hybridized carbons (Fsp3) is 0.174. The molecule has 0 unspecified atom stereocenters. The van der Waals surface area contributed by atoms with Crippen LogP contribution < -0.4 is 9.47 Å². The summed E-state index contributed by atoms with van der Waals surface area (Å²) in [6.07, 6.45) is 1.62. The van der Waals surface area contributed by atoms with Gasteiger partial charge in [0.25, 0.3) is 5.65 Å². The highest BCUT2D eigenvalue weighted by atomic mass is 32.2. The maximum absolute atomic E-state index is 14.2. The summed E-state index contributed by atoms with van der Waals surface area (Å²) in [7, 11) is -3.30. The van der Waals surface area contributed by atoms with E-state index in [9.17, 15) is 22.4 Å². The summed E-state index contributed by atoms with van der Waals surface area (Å²) in [5.41, 5.74) is 2.34. The molecule has 4 rings (SSSR count). The van der Waals surface area contributed by atoms with E-state index in [2.05, 4.69) is 4.98 Å². The summed E-state index contributed by atoms with van der Waals surface area (Å²) in [4.78, 5) is 2.90. The largest absolute Gasteiger partial charge is 0.710 e. The average Bonchev–Trinajstić information content (AvgIpc) is 3.24. The van der Waals surface area contributed by atoms with Gasteiger partial charge in [-0.1, -0.05) is 13.0 Å². The predicted octanol–water partition coefficient (Wildman–Crippen LogP) is 4.78. The molecule has 2 heterocycles. The Kier molecular flexibility index (Phi) is 5.60. The normalized spacial score (nSPS) is 11.8. The molecule has 1 N–H and O–H groups in total. The lowest BCUT2D eigenvalue weighted by molar-refractivity contribution is -0.586. The number of ether oxygens (including phenoxy) is 1. The number of nitrogens with one attached hydrogen (secondary N) is 1. The molecule has 0 bridgehead atoms. The van der Waals surface area contributed by atoms with Gasteiger partial charge in [-0.15, -0.1) is 0 Å². The predicted molar refractivity (Wildman–Crippen MR) is 117 cm³/mol. The lowest BCUT2D eigenvalue weighted by atomic mass is 9.99. The number of nitrogens with zero attached hydrogens (tertiary/aromatic N) is 1. The molecule has 0 spiro atoms. The van der Waals surface area contributed by atoms with Crippen LogP contribution in [0.15, 0.2) is 54.7 Å². The zero-order valence-electron chi connectivity index (χ0n) is 17.4. The molecule has 0 aliphatic heterocycles. The zero-order valence-corrected chi connectivity index (χ0v) is 18.2. The van der Waals surface area contributed by atoms with Crippen LogP contribution in [0.25, 0.3) is 22.2 Å². The van der Waals surface area contributed by atoms with Crippen LogP contribution in [0.3, 0.4) is 0 Å². The van der Waals surface area contributed by atoms with Crippen LogP contribution in [0, 0.1) is 23.8 Å². The maximum Gasteiger partial charge on any atom is 0.290 e. The molecule has 9 heteroatoms. The number of aromatic nitrogens is 2. The number of aromatic amines is 1. The van der Waals surface area contributed by atoms with Crippen LogP contribution in [0.2, 0.25) is 0 Å². The van der Waals surface area contributed by atoms with Crippen LogP contribution in [0.5, 0.6) is 11.5 Å². The number of hydrogen-bond acceptors (Lipinski definition) is 4. The topological polar surface area (TPSA) is 86.1 Å². The third-order valence-electron chi connectivity index (χ3n) is 5.17. The summed E-state index contributed by atoms with van der Waals surface area (Å²) in [6.45, 7) is 3.21. The molecule has 0 amide bonds. The molecule has 2 aromatic heterocycles. The number of sulfone groups is 1. The summed E-state index contributed by atoms with van der Waals surface area (Å²) in [5, 5.41) is 13.0. The van der Waals surface area contributed by atoms with Crippen molar-refractivity contribution in [2.45, 2.75) is 19.6 Å². The monoisotopic (exact) mass is 458 g/mol. The molecule has 4 aromatic rings. The number of benzene rings is 2. The summed E-state index contributed by atoms with van der Waals surface area (Å²) in [5.74, 6) is -1.74. The van der Waals surface area contributed by atoms with E-state index >= 15 is 0 Å². The Hall–Kier alpha value is -3.46. The first kappa shape index (κ1) is 21.8. The van der Waals surface area contributed by atoms with E-state index < -0.39 is 21.5 Å². The number of hydrogen-bond donors (Lipinski definition) is 1.